The predicted octanol–water partition coefficient (Wildman–Crippen LogP) is 1.76. The number of benzene rings is 2. The molecule has 2 aromatic carbocycles. The largest absolute Gasteiger partial charge is 0.497 e. The molecule has 0 radical (unpaired) electrons. The molecule has 0 saturated heterocycles. The number of carbonyl (C=O) groups excluding carboxylic acids is 1. The molecule has 26 heavy (non-hydrogen) atoms. The van der Waals surface area contributed by atoms with Crippen LogP contribution in [0, 0.1) is 0 Å². The summed E-state index contributed by atoms with van der Waals surface area (Å²) < 4.78 is 10.8. The lowest BCUT2D eigenvalue weighted by atomic mass is 9.87. The van der Waals surface area contributed by atoms with Gasteiger partial charge in [0.15, 0.2) is 0 Å². The van der Waals surface area contributed by atoms with Crippen molar-refractivity contribution in [2.45, 2.75) is 37.2 Å². The quantitative estimate of drug-likeness (QED) is 0.759. The van der Waals surface area contributed by atoms with Crippen molar-refractivity contribution in [2.75, 3.05) is 7.11 Å². The van der Waals surface area contributed by atoms with Gasteiger partial charge in [0.2, 0.25) is 0 Å². The van der Waals surface area contributed by atoms with Crippen LogP contribution in [0.1, 0.15) is 23.2 Å². The molecule has 2 aromatic rings. The first-order valence-corrected chi connectivity index (χ1v) is 8.61. The molecule has 1 aliphatic rings. The zero-order valence-corrected chi connectivity index (χ0v) is 14.5. The van der Waals surface area contributed by atoms with Gasteiger partial charge >= 0.3 is 0 Å². The molecule has 6 nitrogen and oxygen atoms in total. The number of carbonyl (C=O) groups is 1. The van der Waals surface area contributed by atoms with Gasteiger partial charge in [-0.15, -0.1) is 0 Å². The number of hydrogen-bond acceptors (Lipinski definition) is 5. The molecule has 0 aromatic heterocycles. The van der Waals surface area contributed by atoms with Gasteiger partial charge in [-0.25, -0.2) is 0 Å². The second-order valence-corrected chi connectivity index (χ2v) is 6.34. The van der Waals surface area contributed by atoms with Gasteiger partial charge in [0.05, 0.1) is 13.2 Å². The maximum absolute atomic E-state index is 12.4. The van der Waals surface area contributed by atoms with Crippen LogP contribution in [0.25, 0.3) is 0 Å². The molecule has 6 heteroatoms. The van der Waals surface area contributed by atoms with Gasteiger partial charge in [0.1, 0.15) is 29.8 Å². The molecular weight excluding hydrogens is 334 g/mol. The number of amides is 1. The molecule has 1 fully saturated rings. The Bertz CT molecular complexity index is 719. The van der Waals surface area contributed by atoms with Crippen molar-refractivity contribution in [3.63, 3.8) is 0 Å². The number of ether oxygens (including phenoxy) is 2. The minimum absolute atomic E-state index is 0.300. The molecular formula is C20H23NO5. The number of aliphatic hydroxyl groups is 2. The Labute approximate surface area is 152 Å². The lowest BCUT2D eigenvalue weighted by molar-refractivity contribution is -0.0874. The van der Waals surface area contributed by atoms with Crippen molar-refractivity contribution in [1.29, 1.82) is 0 Å². The van der Waals surface area contributed by atoms with Crippen molar-refractivity contribution < 1.29 is 24.5 Å². The van der Waals surface area contributed by atoms with E-state index in [1.54, 1.807) is 43.5 Å². The number of methoxy groups -OCH3 is 1. The van der Waals surface area contributed by atoms with Crippen LogP contribution in [0.3, 0.4) is 0 Å². The highest BCUT2D eigenvalue weighted by Gasteiger charge is 2.39. The molecule has 0 bridgehead atoms. The molecule has 138 valence electrons. The fourth-order valence-electron chi connectivity index (χ4n) is 3.10. The Morgan fingerprint density at radius 1 is 0.962 bits per heavy atom. The molecule has 4 atom stereocenters. The summed E-state index contributed by atoms with van der Waals surface area (Å²) in [5.41, 5.74) is 0.468. The third-order valence-corrected chi connectivity index (χ3v) is 4.60. The van der Waals surface area contributed by atoms with Gasteiger partial charge in [-0.1, -0.05) is 18.2 Å². The Morgan fingerprint density at radius 2 is 1.65 bits per heavy atom. The normalized spacial score (nSPS) is 25.3. The van der Waals surface area contributed by atoms with Gasteiger partial charge in [-0.05, 0) is 49.2 Å². The van der Waals surface area contributed by atoms with Crippen LogP contribution in [0.5, 0.6) is 11.5 Å². The predicted molar refractivity (Wildman–Crippen MR) is 96.4 cm³/mol. The highest BCUT2D eigenvalue weighted by atomic mass is 16.5. The summed E-state index contributed by atoms with van der Waals surface area (Å²) in [6.45, 7) is 0. The number of aliphatic hydroxyl groups excluding tert-OH is 2. The van der Waals surface area contributed by atoms with Crippen molar-refractivity contribution in [2.24, 2.45) is 0 Å². The van der Waals surface area contributed by atoms with Crippen LogP contribution in [0.4, 0.5) is 0 Å². The summed E-state index contributed by atoms with van der Waals surface area (Å²) in [6, 6.07) is 15.3. The zero-order valence-electron chi connectivity index (χ0n) is 14.5. The fraction of sp³-hybridized carbons (Fsp3) is 0.350. The van der Waals surface area contributed by atoms with Gasteiger partial charge in [-0.2, -0.15) is 0 Å². The first-order chi connectivity index (χ1) is 12.6. The highest BCUT2D eigenvalue weighted by Crippen LogP contribution is 2.25. The highest BCUT2D eigenvalue weighted by molar-refractivity contribution is 5.94. The average Bonchev–Trinajstić information content (AvgIpc) is 2.68. The van der Waals surface area contributed by atoms with E-state index in [9.17, 15) is 15.0 Å². The molecule has 1 saturated carbocycles. The van der Waals surface area contributed by atoms with Crippen LogP contribution in [0.15, 0.2) is 54.6 Å². The minimum atomic E-state index is -1.10. The van der Waals surface area contributed by atoms with E-state index >= 15 is 0 Å². The molecule has 0 spiro atoms. The molecule has 0 unspecified atom stereocenters. The summed E-state index contributed by atoms with van der Waals surface area (Å²) in [6.07, 6.45) is -1.65. The fourth-order valence-corrected chi connectivity index (χ4v) is 3.10. The van der Waals surface area contributed by atoms with Gasteiger partial charge in [-0.3, -0.25) is 4.79 Å². The van der Waals surface area contributed by atoms with Crippen molar-refractivity contribution in [3.05, 3.63) is 60.2 Å². The number of nitrogens with one attached hydrogen (secondary N) is 1. The lowest BCUT2D eigenvalue weighted by Gasteiger charge is -2.37. The molecule has 1 aliphatic carbocycles. The Kier molecular flexibility index (Phi) is 5.75. The summed E-state index contributed by atoms with van der Waals surface area (Å²) in [5.74, 6) is 1.01. The number of hydrogen-bond donors (Lipinski definition) is 3. The smallest absolute Gasteiger partial charge is 0.251 e. The first kappa shape index (κ1) is 18.2. The maximum Gasteiger partial charge on any atom is 0.251 e. The Hall–Kier alpha value is -2.57. The first-order valence-electron chi connectivity index (χ1n) is 8.61. The summed E-state index contributed by atoms with van der Waals surface area (Å²) >= 11 is 0. The molecule has 0 aliphatic heterocycles. The summed E-state index contributed by atoms with van der Waals surface area (Å²) in [4.78, 5) is 12.4. The van der Waals surface area contributed by atoms with Crippen molar-refractivity contribution in [3.8, 4) is 11.5 Å². The van der Waals surface area contributed by atoms with Crippen LogP contribution in [0.2, 0.25) is 0 Å². The van der Waals surface area contributed by atoms with Crippen molar-refractivity contribution >= 4 is 5.91 Å². The van der Waals surface area contributed by atoms with E-state index in [0.29, 0.717) is 29.9 Å². The molecule has 3 N–H and O–H groups in total. The topological polar surface area (TPSA) is 88.0 Å². The van der Waals surface area contributed by atoms with E-state index in [2.05, 4.69) is 5.32 Å². The molecule has 1 amide bonds. The second-order valence-electron chi connectivity index (χ2n) is 6.34. The second kappa shape index (κ2) is 8.21. The van der Waals surface area contributed by atoms with Crippen molar-refractivity contribution in [1.82, 2.24) is 5.32 Å². The minimum Gasteiger partial charge on any atom is -0.497 e. The molecule has 0 heterocycles. The lowest BCUT2D eigenvalue weighted by Crippen LogP contribution is -2.57. The van der Waals surface area contributed by atoms with Crippen LogP contribution >= 0.6 is 0 Å². The average molecular weight is 357 g/mol. The van der Waals surface area contributed by atoms with Gasteiger partial charge in [0, 0.05) is 5.56 Å². The van der Waals surface area contributed by atoms with E-state index < -0.39 is 24.4 Å². The summed E-state index contributed by atoms with van der Waals surface area (Å²) in [5, 5.41) is 23.6. The standard InChI is InChI=1S/C20H23NO5/c1-25-14-9-7-13(8-10-14)20(24)21-16-11-12-17(19(23)18(16)22)26-15-5-3-2-4-6-15/h2-10,16-19,22-23H,11-12H2,1H3,(H,21,24)/t16-,17-,18+,19+/m1/s1. The van der Waals surface area contributed by atoms with E-state index in [1.807, 2.05) is 18.2 Å². The third-order valence-electron chi connectivity index (χ3n) is 4.60. The Balaban J connectivity index is 1.59. The monoisotopic (exact) mass is 357 g/mol. The van der Waals surface area contributed by atoms with Gasteiger partial charge < -0.3 is 25.0 Å². The van der Waals surface area contributed by atoms with E-state index in [0.717, 1.165) is 0 Å². The van der Waals surface area contributed by atoms with E-state index in [4.69, 9.17) is 9.47 Å². The van der Waals surface area contributed by atoms with E-state index in [-0.39, 0.29) is 5.91 Å². The van der Waals surface area contributed by atoms with Crippen LogP contribution < -0.4 is 14.8 Å². The SMILES string of the molecule is COc1ccc(C(=O)N[C@@H]2CC[C@@H](Oc3ccccc3)[C@H](O)[C@H]2O)cc1. The number of para-hydroxylation sites is 1. The maximum atomic E-state index is 12.4. The molecule has 3 rings (SSSR count). The number of rotatable bonds is 5. The van der Waals surface area contributed by atoms with E-state index in [1.165, 1.54) is 0 Å². The Morgan fingerprint density at radius 3 is 2.31 bits per heavy atom. The summed E-state index contributed by atoms with van der Waals surface area (Å²) in [7, 11) is 1.56. The van der Waals surface area contributed by atoms with Crippen LogP contribution in [-0.2, 0) is 0 Å². The van der Waals surface area contributed by atoms with Gasteiger partial charge in [0.25, 0.3) is 5.91 Å². The third kappa shape index (κ3) is 4.15. The zero-order chi connectivity index (χ0) is 18.5. The van der Waals surface area contributed by atoms with Crippen LogP contribution in [-0.4, -0.2) is 47.6 Å².